The van der Waals surface area contributed by atoms with Crippen LogP contribution in [-0.4, -0.2) is 21.2 Å². The lowest BCUT2D eigenvalue weighted by Gasteiger charge is -2.23. The molecule has 44 heavy (non-hydrogen) atoms. The Bertz CT molecular complexity index is 2400. The van der Waals surface area contributed by atoms with Crippen LogP contribution in [0.25, 0.3) is 47.8 Å². The van der Waals surface area contributed by atoms with Gasteiger partial charge in [-0.25, -0.2) is 15.0 Å². The highest BCUT2D eigenvalue weighted by Crippen LogP contribution is 2.43. The fourth-order valence-electron chi connectivity index (χ4n) is 6.26. The average Bonchev–Trinajstić information content (AvgIpc) is 3.65. The van der Waals surface area contributed by atoms with E-state index in [0.29, 0.717) is 5.84 Å². The second-order valence-electron chi connectivity index (χ2n) is 10.9. The third-order valence-corrected chi connectivity index (χ3v) is 9.52. The number of fused-ring (bicyclic) bond motifs is 7. The molecule has 1 N–H and O–H groups in total. The van der Waals surface area contributed by atoms with Crippen molar-refractivity contribution in [2.45, 2.75) is 6.17 Å². The van der Waals surface area contributed by atoms with Crippen molar-refractivity contribution in [2.24, 2.45) is 9.98 Å². The number of hydrogen-bond acceptors (Lipinski definition) is 5. The molecule has 0 saturated heterocycles. The van der Waals surface area contributed by atoms with Crippen LogP contribution in [0, 0.1) is 0 Å². The normalized spacial score (nSPS) is 15.0. The maximum atomic E-state index is 5.02. The summed E-state index contributed by atoms with van der Waals surface area (Å²) in [7, 11) is 0. The highest BCUT2D eigenvalue weighted by Gasteiger charge is 2.22. The zero-order valence-electron chi connectivity index (χ0n) is 23.6. The SMILES string of the molecule is c1ccc(C2=NC(c3ccc(-n4c5ccccc5c5c6sc7ccccc7c6ccc54)nc3)=NC(c3ccccc3)N2)cc1. The van der Waals surface area contributed by atoms with Gasteiger partial charge >= 0.3 is 0 Å². The second kappa shape index (κ2) is 10.0. The van der Waals surface area contributed by atoms with E-state index in [0.717, 1.165) is 39.4 Å². The van der Waals surface area contributed by atoms with E-state index in [1.54, 1.807) is 0 Å². The topological polar surface area (TPSA) is 54.6 Å². The first-order valence-electron chi connectivity index (χ1n) is 14.7. The first kappa shape index (κ1) is 25.0. The molecule has 0 bridgehead atoms. The maximum absolute atomic E-state index is 5.02. The smallest absolute Gasteiger partial charge is 0.160 e. The number of nitrogens with one attached hydrogen (secondary N) is 1. The number of aromatic nitrogens is 2. The molecular formula is C38H25N5S. The molecule has 5 aromatic carbocycles. The number of thiophene rings is 1. The number of aliphatic imine (C=N–C) groups is 2. The molecular weight excluding hydrogens is 559 g/mol. The molecule has 1 aliphatic rings. The molecule has 0 spiro atoms. The number of nitrogens with zero attached hydrogens (tertiary/aromatic N) is 4. The Morgan fingerprint density at radius 3 is 2.18 bits per heavy atom. The first-order valence-corrected chi connectivity index (χ1v) is 15.5. The minimum atomic E-state index is -0.250. The molecule has 0 fully saturated rings. The van der Waals surface area contributed by atoms with Crippen LogP contribution in [0.4, 0.5) is 0 Å². The molecule has 3 aromatic heterocycles. The summed E-state index contributed by atoms with van der Waals surface area (Å²) in [6.45, 7) is 0. The van der Waals surface area contributed by atoms with Crippen LogP contribution >= 0.6 is 11.3 Å². The van der Waals surface area contributed by atoms with Crippen LogP contribution in [0.15, 0.2) is 150 Å². The van der Waals surface area contributed by atoms with Gasteiger partial charge < -0.3 is 5.32 Å². The highest BCUT2D eigenvalue weighted by atomic mass is 32.1. The van der Waals surface area contributed by atoms with E-state index in [1.807, 2.05) is 53.9 Å². The van der Waals surface area contributed by atoms with E-state index in [4.69, 9.17) is 15.0 Å². The Hall–Kier alpha value is -5.59. The average molecular weight is 584 g/mol. The van der Waals surface area contributed by atoms with Gasteiger partial charge in [-0.3, -0.25) is 4.57 Å². The summed E-state index contributed by atoms with van der Waals surface area (Å²) in [5, 5.41) is 8.63. The fourth-order valence-corrected chi connectivity index (χ4v) is 7.52. The largest absolute Gasteiger partial charge is 0.344 e. The van der Waals surface area contributed by atoms with Crippen molar-refractivity contribution in [2.75, 3.05) is 0 Å². The number of para-hydroxylation sites is 1. The van der Waals surface area contributed by atoms with E-state index in [1.165, 1.54) is 30.9 Å². The van der Waals surface area contributed by atoms with Crippen LogP contribution < -0.4 is 5.32 Å². The molecule has 1 unspecified atom stereocenters. The Labute approximate surface area is 257 Å². The van der Waals surface area contributed by atoms with Crippen LogP contribution in [-0.2, 0) is 0 Å². The molecule has 0 saturated carbocycles. The summed E-state index contributed by atoms with van der Waals surface area (Å²) in [5.41, 5.74) is 5.26. The van der Waals surface area contributed by atoms with Gasteiger partial charge in [0.1, 0.15) is 17.8 Å². The zero-order valence-corrected chi connectivity index (χ0v) is 24.4. The van der Waals surface area contributed by atoms with Crippen LogP contribution in [0.5, 0.6) is 0 Å². The molecule has 9 rings (SSSR count). The van der Waals surface area contributed by atoms with Gasteiger partial charge in [0.15, 0.2) is 5.84 Å². The van der Waals surface area contributed by atoms with Gasteiger partial charge in [-0.2, -0.15) is 0 Å². The summed E-state index contributed by atoms with van der Waals surface area (Å²) in [5.74, 6) is 2.31. The van der Waals surface area contributed by atoms with Crippen molar-refractivity contribution >= 4 is 65.0 Å². The van der Waals surface area contributed by atoms with E-state index in [9.17, 15) is 0 Å². The summed E-state index contributed by atoms with van der Waals surface area (Å²) in [4.78, 5) is 15.0. The van der Waals surface area contributed by atoms with Gasteiger partial charge in [0, 0.05) is 48.3 Å². The molecule has 0 amide bonds. The molecule has 1 aliphatic heterocycles. The molecule has 1 atom stereocenters. The van der Waals surface area contributed by atoms with Crippen molar-refractivity contribution in [3.63, 3.8) is 0 Å². The number of pyridine rings is 1. The van der Waals surface area contributed by atoms with E-state index in [2.05, 4.69) is 107 Å². The lowest BCUT2D eigenvalue weighted by atomic mass is 10.1. The van der Waals surface area contributed by atoms with Crippen molar-refractivity contribution < 1.29 is 0 Å². The Morgan fingerprint density at radius 2 is 1.36 bits per heavy atom. The van der Waals surface area contributed by atoms with Crippen LogP contribution in [0.3, 0.4) is 0 Å². The molecule has 6 heteroatoms. The number of hydrogen-bond donors (Lipinski definition) is 1. The Morgan fingerprint density at radius 1 is 0.614 bits per heavy atom. The van der Waals surface area contributed by atoms with Crippen LogP contribution in [0.2, 0.25) is 0 Å². The maximum Gasteiger partial charge on any atom is 0.160 e. The standard InChI is InChI=1S/C38H25N5S/c1-3-11-24(12-4-1)36-40-37(25-13-5-2-6-14-25)42-38(41-36)26-19-22-33(39-23-26)43-30-17-9-7-16-29(30)34-31(43)21-20-28-27-15-8-10-18-32(27)44-35(28)34/h1-23,36H,(H,40,41,42). The minimum absolute atomic E-state index is 0.250. The van der Waals surface area contributed by atoms with Gasteiger partial charge in [0.2, 0.25) is 0 Å². The molecule has 4 heterocycles. The molecule has 208 valence electrons. The summed E-state index contributed by atoms with van der Waals surface area (Å²) in [6.07, 6.45) is 1.64. The van der Waals surface area contributed by atoms with Gasteiger partial charge in [-0.05, 0) is 35.9 Å². The quantitative estimate of drug-likeness (QED) is 0.225. The lowest BCUT2D eigenvalue weighted by Crippen LogP contribution is -2.33. The number of rotatable bonds is 4. The number of benzene rings is 5. The minimum Gasteiger partial charge on any atom is -0.344 e. The van der Waals surface area contributed by atoms with Crippen molar-refractivity contribution in [3.05, 3.63) is 156 Å². The highest BCUT2D eigenvalue weighted by molar-refractivity contribution is 7.26. The third-order valence-electron chi connectivity index (χ3n) is 8.32. The lowest BCUT2D eigenvalue weighted by molar-refractivity contribution is 0.674. The molecule has 5 nitrogen and oxygen atoms in total. The van der Waals surface area contributed by atoms with Gasteiger partial charge in [-0.15, -0.1) is 11.3 Å². The second-order valence-corrected chi connectivity index (χ2v) is 12.0. The predicted molar refractivity (Wildman–Crippen MR) is 183 cm³/mol. The molecule has 8 aromatic rings. The molecule has 0 aliphatic carbocycles. The summed E-state index contributed by atoms with van der Waals surface area (Å²) in [6, 6.07) is 46.4. The third kappa shape index (κ3) is 3.96. The van der Waals surface area contributed by atoms with Crippen LogP contribution in [0.1, 0.15) is 22.9 Å². The summed E-state index contributed by atoms with van der Waals surface area (Å²) >= 11 is 1.86. The predicted octanol–water partition coefficient (Wildman–Crippen LogP) is 9.04. The van der Waals surface area contributed by atoms with Crippen molar-refractivity contribution in [1.82, 2.24) is 14.9 Å². The molecule has 0 radical (unpaired) electrons. The van der Waals surface area contributed by atoms with Gasteiger partial charge in [0.25, 0.3) is 0 Å². The van der Waals surface area contributed by atoms with E-state index < -0.39 is 0 Å². The fraction of sp³-hybridized carbons (Fsp3) is 0.0263. The summed E-state index contributed by atoms with van der Waals surface area (Å²) < 4.78 is 4.89. The Kier molecular flexibility index (Phi) is 5.67. The van der Waals surface area contributed by atoms with Crippen molar-refractivity contribution in [1.29, 1.82) is 0 Å². The van der Waals surface area contributed by atoms with E-state index in [-0.39, 0.29) is 6.17 Å². The Balaban J connectivity index is 1.18. The van der Waals surface area contributed by atoms with Gasteiger partial charge in [0.05, 0.1) is 11.0 Å². The number of amidine groups is 2. The van der Waals surface area contributed by atoms with E-state index >= 15 is 0 Å². The monoisotopic (exact) mass is 583 g/mol. The zero-order chi connectivity index (χ0) is 29.0. The van der Waals surface area contributed by atoms with Gasteiger partial charge in [-0.1, -0.05) is 103 Å². The van der Waals surface area contributed by atoms with Crippen molar-refractivity contribution in [3.8, 4) is 5.82 Å². The first-order chi connectivity index (χ1) is 21.8.